The van der Waals surface area contributed by atoms with Gasteiger partial charge in [-0.15, -0.1) is 0 Å². The van der Waals surface area contributed by atoms with Crippen LogP contribution in [0.4, 0.5) is 0 Å². The van der Waals surface area contributed by atoms with Crippen LogP contribution in [0.1, 0.15) is 36.5 Å². The van der Waals surface area contributed by atoms with Crippen LogP contribution in [0.15, 0.2) is 42.5 Å². The van der Waals surface area contributed by atoms with E-state index in [1.54, 1.807) is 0 Å². The summed E-state index contributed by atoms with van der Waals surface area (Å²) in [7, 11) is 0. The minimum Gasteiger partial charge on any atom is -0.486 e. The normalized spacial score (nSPS) is 22.2. The van der Waals surface area contributed by atoms with Crippen molar-refractivity contribution in [1.82, 2.24) is 15.1 Å². The highest BCUT2D eigenvalue weighted by Crippen LogP contribution is 2.34. The molecule has 2 N–H and O–H groups in total. The van der Waals surface area contributed by atoms with Gasteiger partial charge < -0.3 is 24.8 Å². The van der Waals surface area contributed by atoms with Gasteiger partial charge in [0.2, 0.25) is 5.91 Å². The number of likely N-dealkylation sites (tertiary alicyclic amines) is 2. The number of hydrogen-bond donors (Lipinski definition) is 2. The molecule has 188 valence electrons. The molecule has 2 aromatic carbocycles. The maximum atomic E-state index is 13.3. The highest BCUT2D eigenvalue weighted by atomic mass is 35.5. The summed E-state index contributed by atoms with van der Waals surface area (Å²) in [5.74, 6) is 1.27. The number of nitrogens with zero attached hydrogens (tertiary/aromatic N) is 2. The molecule has 1 amide bonds. The van der Waals surface area contributed by atoms with E-state index in [1.165, 1.54) is 5.56 Å². The Balaban J connectivity index is 1.24. The van der Waals surface area contributed by atoms with Gasteiger partial charge in [0.15, 0.2) is 11.5 Å². The molecule has 8 heteroatoms. The SMILES string of the molecule is O=C(N[C@H](CN1CCCC1)[C@H](O)c1ccc2c(c1)OCCO2)C1CCN(Cc2ccc(Cl)cc2)C1. The van der Waals surface area contributed by atoms with Crippen LogP contribution in [0.5, 0.6) is 11.5 Å². The zero-order valence-electron chi connectivity index (χ0n) is 20.0. The van der Waals surface area contributed by atoms with Gasteiger partial charge in [-0.2, -0.15) is 0 Å². The molecule has 1 unspecified atom stereocenters. The minimum atomic E-state index is -0.832. The molecular formula is C27H34ClN3O4. The van der Waals surface area contributed by atoms with Crippen LogP contribution in [0, 0.1) is 5.92 Å². The lowest BCUT2D eigenvalue weighted by atomic mass is 9.99. The van der Waals surface area contributed by atoms with Crippen LogP contribution in [-0.2, 0) is 11.3 Å². The van der Waals surface area contributed by atoms with Crippen molar-refractivity contribution in [1.29, 1.82) is 0 Å². The average molecular weight is 500 g/mol. The van der Waals surface area contributed by atoms with Crippen molar-refractivity contribution in [3.05, 3.63) is 58.6 Å². The van der Waals surface area contributed by atoms with Gasteiger partial charge in [0.1, 0.15) is 19.3 Å². The fourth-order valence-corrected chi connectivity index (χ4v) is 5.41. The van der Waals surface area contributed by atoms with E-state index in [2.05, 4.69) is 15.1 Å². The summed E-state index contributed by atoms with van der Waals surface area (Å²) in [6.07, 6.45) is 2.30. The van der Waals surface area contributed by atoms with Gasteiger partial charge in [0.25, 0.3) is 0 Å². The summed E-state index contributed by atoms with van der Waals surface area (Å²) < 4.78 is 11.3. The van der Waals surface area contributed by atoms with E-state index >= 15 is 0 Å². The lowest BCUT2D eigenvalue weighted by Crippen LogP contribution is -2.48. The fourth-order valence-electron chi connectivity index (χ4n) is 5.28. The highest BCUT2D eigenvalue weighted by Gasteiger charge is 2.33. The van der Waals surface area contributed by atoms with Crippen LogP contribution in [0.2, 0.25) is 5.02 Å². The number of rotatable bonds is 8. The smallest absolute Gasteiger partial charge is 0.224 e. The molecule has 2 aromatic rings. The fraction of sp³-hybridized carbons (Fsp3) is 0.519. The van der Waals surface area contributed by atoms with Crippen LogP contribution in [0.3, 0.4) is 0 Å². The van der Waals surface area contributed by atoms with Crippen LogP contribution in [-0.4, -0.2) is 72.8 Å². The molecule has 35 heavy (non-hydrogen) atoms. The third-order valence-electron chi connectivity index (χ3n) is 7.23. The van der Waals surface area contributed by atoms with Crippen molar-refractivity contribution in [2.24, 2.45) is 5.92 Å². The van der Waals surface area contributed by atoms with E-state index in [4.69, 9.17) is 21.1 Å². The van der Waals surface area contributed by atoms with Crippen LogP contribution in [0.25, 0.3) is 0 Å². The van der Waals surface area contributed by atoms with Crippen molar-refractivity contribution < 1.29 is 19.4 Å². The predicted octanol–water partition coefficient (Wildman–Crippen LogP) is 3.25. The first-order valence-corrected chi connectivity index (χ1v) is 13.0. The van der Waals surface area contributed by atoms with E-state index in [-0.39, 0.29) is 11.8 Å². The molecule has 7 nitrogen and oxygen atoms in total. The molecule has 3 heterocycles. The van der Waals surface area contributed by atoms with E-state index in [1.807, 2.05) is 42.5 Å². The summed E-state index contributed by atoms with van der Waals surface area (Å²) in [6, 6.07) is 13.0. The Labute approximate surface area is 212 Å². The Morgan fingerprint density at radius 3 is 2.54 bits per heavy atom. The lowest BCUT2D eigenvalue weighted by Gasteiger charge is -2.30. The second-order valence-corrected chi connectivity index (χ2v) is 10.3. The molecular weight excluding hydrogens is 466 g/mol. The number of amides is 1. The van der Waals surface area contributed by atoms with Crippen LogP contribution < -0.4 is 14.8 Å². The van der Waals surface area contributed by atoms with Crippen molar-refractivity contribution in [2.45, 2.75) is 38.0 Å². The quantitative estimate of drug-likeness (QED) is 0.581. The maximum absolute atomic E-state index is 13.3. The predicted molar refractivity (Wildman–Crippen MR) is 135 cm³/mol. The summed E-state index contributed by atoms with van der Waals surface area (Å²) in [6.45, 7) is 6.04. The first-order chi connectivity index (χ1) is 17.0. The number of nitrogens with one attached hydrogen (secondary N) is 1. The first kappa shape index (κ1) is 24.4. The van der Waals surface area contributed by atoms with Gasteiger partial charge in [-0.25, -0.2) is 0 Å². The molecule has 3 aliphatic heterocycles. The van der Waals surface area contributed by atoms with Crippen molar-refractivity contribution in [2.75, 3.05) is 45.9 Å². The van der Waals surface area contributed by atoms with Gasteiger partial charge >= 0.3 is 0 Å². The molecule has 0 saturated carbocycles. The monoisotopic (exact) mass is 499 g/mol. The van der Waals surface area contributed by atoms with Gasteiger partial charge in [0.05, 0.1) is 12.0 Å². The van der Waals surface area contributed by atoms with E-state index in [0.29, 0.717) is 37.8 Å². The Morgan fingerprint density at radius 2 is 1.77 bits per heavy atom. The molecule has 0 radical (unpaired) electrons. The summed E-state index contributed by atoms with van der Waals surface area (Å²) in [4.78, 5) is 17.9. The topological polar surface area (TPSA) is 74.3 Å². The van der Waals surface area contributed by atoms with Crippen molar-refractivity contribution in [3.8, 4) is 11.5 Å². The number of carbonyl (C=O) groups excluding carboxylic acids is 1. The number of hydrogen-bond acceptors (Lipinski definition) is 6. The molecule has 3 atom stereocenters. The number of carbonyl (C=O) groups is 1. The van der Waals surface area contributed by atoms with E-state index in [0.717, 1.165) is 56.0 Å². The summed E-state index contributed by atoms with van der Waals surface area (Å²) in [5.41, 5.74) is 1.92. The summed E-state index contributed by atoms with van der Waals surface area (Å²) >= 11 is 6.00. The number of ether oxygens (including phenoxy) is 2. The number of halogens is 1. The molecule has 0 aliphatic carbocycles. The molecule has 0 aromatic heterocycles. The van der Waals surface area contributed by atoms with E-state index < -0.39 is 12.1 Å². The number of benzene rings is 2. The Kier molecular flexibility index (Phi) is 7.78. The Hall–Kier alpha value is -2.32. The van der Waals surface area contributed by atoms with Gasteiger partial charge in [-0.1, -0.05) is 29.8 Å². The summed E-state index contributed by atoms with van der Waals surface area (Å²) in [5, 5.41) is 15.3. The van der Waals surface area contributed by atoms with Gasteiger partial charge in [-0.05, 0) is 74.3 Å². The second-order valence-electron chi connectivity index (χ2n) is 9.82. The van der Waals surface area contributed by atoms with Crippen molar-refractivity contribution in [3.63, 3.8) is 0 Å². The third kappa shape index (κ3) is 6.09. The lowest BCUT2D eigenvalue weighted by molar-refractivity contribution is -0.126. The highest BCUT2D eigenvalue weighted by molar-refractivity contribution is 6.30. The number of aliphatic hydroxyl groups is 1. The minimum absolute atomic E-state index is 0.0180. The average Bonchev–Trinajstić information content (AvgIpc) is 3.57. The maximum Gasteiger partial charge on any atom is 0.224 e. The molecule has 0 bridgehead atoms. The van der Waals surface area contributed by atoms with Crippen molar-refractivity contribution >= 4 is 17.5 Å². The molecule has 2 fully saturated rings. The van der Waals surface area contributed by atoms with Gasteiger partial charge in [-0.3, -0.25) is 9.69 Å². The zero-order chi connectivity index (χ0) is 24.2. The molecule has 0 spiro atoms. The van der Waals surface area contributed by atoms with E-state index in [9.17, 15) is 9.90 Å². The number of fused-ring (bicyclic) bond motifs is 1. The third-order valence-corrected chi connectivity index (χ3v) is 7.48. The largest absolute Gasteiger partial charge is 0.486 e. The van der Waals surface area contributed by atoms with Crippen LogP contribution >= 0.6 is 11.6 Å². The first-order valence-electron chi connectivity index (χ1n) is 12.6. The van der Waals surface area contributed by atoms with Gasteiger partial charge in [0, 0.05) is 24.7 Å². The molecule has 3 aliphatic rings. The zero-order valence-corrected chi connectivity index (χ0v) is 20.8. The molecule has 2 saturated heterocycles. The Morgan fingerprint density at radius 1 is 1.03 bits per heavy atom. The Bertz CT molecular complexity index is 1010. The second kappa shape index (κ2) is 11.2. The number of aliphatic hydroxyl groups excluding tert-OH is 1. The standard InChI is InChI=1S/C27H34ClN3O4/c28-22-6-3-19(4-7-22)16-31-12-9-21(17-31)27(33)29-23(18-30-10-1-2-11-30)26(32)20-5-8-24-25(15-20)35-14-13-34-24/h3-8,15,21,23,26,32H,1-2,9-14,16-18H2,(H,29,33)/t21?,23-,26-/m1/s1. The molecule has 5 rings (SSSR count).